The smallest absolute Gasteiger partial charge is 0.343 e. The summed E-state index contributed by atoms with van der Waals surface area (Å²) in [6.45, 7) is 8.75. The van der Waals surface area contributed by atoms with E-state index in [4.69, 9.17) is 21.2 Å². The first-order valence-electron chi connectivity index (χ1n) is 14.7. The van der Waals surface area contributed by atoms with Crippen molar-refractivity contribution in [2.45, 2.75) is 70.5 Å². The van der Waals surface area contributed by atoms with Gasteiger partial charge in [0.05, 0.1) is 23.5 Å². The van der Waals surface area contributed by atoms with E-state index in [1.807, 2.05) is 11.0 Å². The zero-order valence-electron chi connectivity index (χ0n) is 23.6. The van der Waals surface area contributed by atoms with Gasteiger partial charge in [0.2, 0.25) is 17.3 Å². The number of esters is 1. The third kappa shape index (κ3) is 4.59. The molecule has 1 aromatic heterocycles. The lowest BCUT2D eigenvalue weighted by atomic mass is 9.87. The number of hydrogen-bond donors (Lipinski definition) is 2. The lowest BCUT2D eigenvalue weighted by Crippen LogP contribution is -2.59. The van der Waals surface area contributed by atoms with Crippen molar-refractivity contribution in [2.24, 2.45) is 21.5 Å². The molecule has 1 spiro atoms. The zero-order chi connectivity index (χ0) is 28.0. The van der Waals surface area contributed by atoms with Crippen LogP contribution in [0.3, 0.4) is 0 Å². The number of anilines is 2. The minimum absolute atomic E-state index is 0.0615. The van der Waals surface area contributed by atoms with Crippen LogP contribution in [0.15, 0.2) is 33.1 Å². The standard InChI is InChI=1S/C29H40N8O3/c1-3-34-12-14-35(15-13-34)23-17-22-20(25(38)21(26(39)40-4-2)18-36(22)19-8-9-19)16-24(23)37-28(31)32-27(30)33-29(37)10-6-5-7-11-29/h16-19H,3-15H2,1-2H3,(H4,30,31,32,33). The van der Waals surface area contributed by atoms with Gasteiger partial charge in [0, 0.05) is 43.8 Å². The number of carbonyl (C=O) groups is 1. The molecule has 0 radical (unpaired) electrons. The highest BCUT2D eigenvalue weighted by Gasteiger charge is 2.44. The monoisotopic (exact) mass is 548 g/mol. The predicted octanol–water partition coefficient (Wildman–Crippen LogP) is 2.76. The maximum Gasteiger partial charge on any atom is 0.343 e. The molecule has 3 fully saturated rings. The molecule has 40 heavy (non-hydrogen) atoms. The van der Waals surface area contributed by atoms with Crippen LogP contribution in [0.2, 0.25) is 0 Å². The number of nitrogens with zero attached hydrogens (tertiary/aromatic N) is 6. The lowest BCUT2D eigenvalue weighted by Gasteiger charge is -2.47. The fraction of sp³-hybridized carbons (Fsp3) is 0.586. The molecule has 6 rings (SSSR count). The second-order valence-electron chi connectivity index (χ2n) is 11.3. The van der Waals surface area contributed by atoms with E-state index in [9.17, 15) is 9.59 Å². The highest BCUT2D eigenvalue weighted by molar-refractivity contribution is 6.09. The van der Waals surface area contributed by atoms with E-state index in [1.165, 1.54) is 0 Å². The molecule has 2 aliphatic carbocycles. The summed E-state index contributed by atoms with van der Waals surface area (Å²) >= 11 is 0. The lowest BCUT2D eigenvalue weighted by molar-refractivity contribution is 0.0524. The molecule has 1 aromatic carbocycles. The van der Waals surface area contributed by atoms with E-state index in [0.717, 1.165) is 94.6 Å². The Morgan fingerprint density at radius 3 is 2.42 bits per heavy atom. The molecule has 0 unspecified atom stereocenters. The summed E-state index contributed by atoms with van der Waals surface area (Å²) in [5, 5.41) is 0.477. The van der Waals surface area contributed by atoms with Crippen molar-refractivity contribution in [2.75, 3.05) is 49.1 Å². The number of carbonyl (C=O) groups excluding carboxylic acids is 1. The molecule has 11 heteroatoms. The normalized spacial score (nSPS) is 21.4. The van der Waals surface area contributed by atoms with Crippen LogP contribution in [0.5, 0.6) is 0 Å². The Labute approximate surface area is 234 Å². The summed E-state index contributed by atoms with van der Waals surface area (Å²) in [6.07, 6.45) is 8.43. The first-order valence-corrected chi connectivity index (χ1v) is 14.7. The molecule has 214 valence electrons. The van der Waals surface area contributed by atoms with Crippen LogP contribution in [0.4, 0.5) is 11.4 Å². The van der Waals surface area contributed by atoms with Crippen molar-refractivity contribution < 1.29 is 9.53 Å². The van der Waals surface area contributed by atoms with Crippen LogP contribution in [0.1, 0.15) is 75.2 Å². The molecule has 2 aromatic rings. The molecule has 0 atom stereocenters. The van der Waals surface area contributed by atoms with Gasteiger partial charge in [0.25, 0.3) is 0 Å². The van der Waals surface area contributed by atoms with Gasteiger partial charge >= 0.3 is 5.97 Å². The first-order chi connectivity index (χ1) is 19.3. The van der Waals surface area contributed by atoms with Crippen molar-refractivity contribution >= 4 is 40.2 Å². The molecule has 0 amide bonds. The van der Waals surface area contributed by atoms with Crippen LogP contribution < -0.4 is 26.7 Å². The van der Waals surface area contributed by atoms with Crippen molar-refractivity contribution in [1.82, 2.24) is 9.47 Å². The third-order valence-corrected chi connectivity index (χ3v) is 8.82. The Kier molecular flexibility index (Phi) is 6.93. The average molecular weight is 549 g/mol. The van der Waals surface area contributed by atoms with Crippen molar-refractivity contribution in [3.63, 3.8) is 0 Å². The van der Waals surface area contributed by atoms with Crippen LogP contribution >= 0.6 is 0 Å². The van der Waals surface area contributed by atoms with E-state index in [0.29, 0.717) is 5.39 Å². The summed E-state index contributed by atoms with van der Waals surface area (Å²) in [4.78, 5) is 42.9. The van der Waals surface area contributed by atoms with Gasteiger partial charge < -0.3 is 30.6 Å². The van der Waals surface area contributed by atoms with Crippen molar-refractivity contribution in [1.29, 1.82) is 0 Å². The fourth-order valence-electron chi connectivity index (χ4n) is 6.59. The molecule has 2 aliphatic heterocycles. The Hall–Kier alpha value is -3.60. The number of pyridine rings is 1. The van der Waals surface area contributed by atoms with E-state index in [-0.39, 0.29) is 35.6 Å². The fourth-order valence-corrected chi connectivity index (χ4v) is 6.59. The van der Waals surface area contributed by atoms with E-state index >= 15 is 0 Å². The number of piperazine rings is 1. The third-order valence-electron chi connectivity index (χ3n) is 8.82. The molecule has 4 aliphatic rings. The van der Waals surface area contributed by atoms with Crippen LogP contribution in [-0.2, 0) is 4.74 Å². The largest absolute Gasteiger partial charge is 0.462 e. The summed E-state index contributed by atoms with van der Waals surface area (Å²) in [7, 11) is 0. The van der Waals surface area contributed by atoms with Crippen molar-refractivity contribution in [3.05, 3.63) is 34.1 Å². The summed E-state index contributed by atoms with van der Waals surface area (Å²) in [5.41, 5.74) is 14.5. The van der Waals surface area contributed by atoms with Gasteiger partial charge in [0.1, 0.15) is 11.2 Å². The Bertz CT molecular complexity index is 1430. The van der Waals surface area contributed by atoms with Gasteiger partial charge in [-0.25, -0.2) is 9.79 Å². The first kappa shape index (κ1) is 26.6. The highest BCUT2D eigenvalue weighted by atomic mass is 16.5. The zero-order valence-corrected chi connectivity index (χ0v) is 23.6. The molecular formula is C29H40N8O3. The van der Waals surface area contributed by atoms with Gasteiger partial charge in [-0.1, -0.05) is 13.3 Å². The molecule has 3 heterocycles. The van der Waals surface area contributed by atoms with E-state index in [2.05, 4.69) is 32.3 Å². The van der Waals surface area contributed by atoms with Crippen LogP contribution in [-0.4, -0.2) is 72.3 Å². The summed E-state index contributed by atoms with van der Waals surface area (Å²) in [5.74, 6) is -0.119. The minimum Gasteiger partial charge on any atom is -0.462 e. The number of likely N-dealkylation sites (N-methyl/N-ethyl adjacent to an activating group) is 1. The van der Waals surface area contributed by atoms with E-state index < -0.39 is 11.6 Å². The Morgan fingerprint density at radius 1 is 1.05 bits per heavy atom. The number of benzene rings is 1. The second-order valence-corrected chi connectivity index (χ2v) is 11.3. The Morgan fingerprint density at radius 2 is 1.77 bits per heavy atom. The molecule has 2 saturated carbocycles. The van der Waals surface area contributed by atoms with Crippen LogP contribution in [0.25, 0.3) is 10.9 Å². The molecule has 11 nitrogen and oxygen atoms in total. The van der Waals surface area contributed by atoms with E-state index in [1.54, 1.807) is 13.1 Å². The number of aromatic nitrogens is 1. The number of rotatable bonds is 6. The SMILES string of the molecule is CCOC(=O)c1cn(C2CC2)c2cc(N3CCN(CC)CC3)c(N3C(N)=NC(N)=NC34CCCCC4)cc2c1=O. The number of guanidine groups is 2. The maximum atomic E-state index is 13.9. The number of aliphatic imine (C=N–C) groups is 2. The number of nitrogens with two attached hydrogens (primary N) is 2. The summed E-state index contributed by atoms with van der Waals surface area (Å²) < 4.78 is 7.37. The molecule has 4 N–H and O–H groups in total. The maximum absolute atomic E-state index is 13.9. The predicted molar refractivity (Wildman–Crippen MR) is 158 cm³/mol. The van der Waals surface area contributed by atoms with Gasteiger partial charge in [-0.2, -0.15) is 4.99 Å². The Balaban J connectivity index is 1.59. The second kappa shape index (κ2) is 10.4. The van der Waals surface area contributed by atoms with Gasteiger partial charge in [0.15, 0.2) is 0 Å². The number of ether oxygens (including phenoxy) is 1. The summed E-state index contributed by atoms with van der Waals surface area (Å²) in [6, 6.07) is 4.28. The molecule has 0 bridgehead atoms. The number of hydrogen-bond acceptors (Lipinski definition) is 10. The van der Waals surface area contributed by atoms with Crippen LogP contribution in [0, 0.1) is 0 Å². The number of fused-ring (bicyclic) bond motifs is 1. The van der Waals surface area contributed by atoms with Gasteiger partial charge in [-0.15, -0.1) is 0 Å². The van der Waals surface area contributed by atoms with Gasteiger partial charge in [-0.05, 0) is 64.1 Å². The van der Waals surface area contributed by atoms with Crippen molar-refractivity contribution in [3.8, 4) is 0 Å². The quantitative estimate of drug-likeness (QED) is 0.526. The molecule has 1 saturated heterocycles. The topological polar surface area (TPSA) is 135 Å². The highest BCUT2D eigenvalue weighted by Crippen LogP contribution is 2.45. The average Bonchev–Trinajstić information content (AvgIpc) is 3.79. The molecular weight excluding hydrogens is 508 g/mol. The van der Waals surface area contributed by atoms with Gasteiger partial charge in [-0.3, -0.25) is 9.69 Å². The minimum atomic E-state index is -0.657.